The van der Waals surface area contributed by atoms with Crippen molar-refractivity contribution in [3.05, 3.63) is 112 Å². The molecule has 4 aromatic rings. The number of benzene rings is 4. The summed E-state index contributed by atoms with van der Waals surface area (Å²) in [6.45, 7) is 0. The quantitative estimate of drug-likeness (QED) is 0.315. The number of hydrogen-bond acceptors (Lipinski definition) is 0. The van der Waals surface area contributed by atoms with Crippen molar-refractivity contribution in [3.63, 3.8) is 0 Å². The molecule has 0 nitrogen and oxygen atoms in total. The Labute approximate surface area is 164 Å². The summed E-state index contributed by atoms with van der Waals surface area (Å²) < 4.78 is 0. The molecule has 0 amide bonds. The summed E-state index contributed by atoms with van der Waals surface area (Å²) >= 11 is 6.72. The second-order valence-electron chi connectivity index (χ2n) is 7.31. The molecule has 0 bridgehead atoms. The molecule has 0 saturated carbocycles. The van der Waals surface area contributed by atoms with Gasteiger partial charge in [0.25, 0.3) is 0 Å². The molecule has 2 radical (unpaired) electrons. The molecule has 1 spiro atoms. The van der Waals surface area contributed by atoms with Gasteiger partial charge in [-0.25, -0.2) is 0 Å². The van der Waals surface area contributed by atoms with E-state index in [9.17, 15) is 0 Å². The van der Waals surface area contributed by atoms with Crippen LogP contribution in [0, 0.1) is 0 Å². The van der Waals surface area contributed by atoms with E-state index < -0.39 is 0 Å². The summed E-state index contributed by atoms with van der Waals surface area (Å²) in [5, 5.41) is 0.798. The lowest BCUT2D eigenvalue weighted by molar-refractivity contribution is 0.794. The standard InChI is InChI=1S/C25H14BCl/c26-15-12-13-17-16-6-1-3-8-19(16)25(22(17)14-15)20-9-4-2-7-18(20)24-21(25)10-5-11-23(24)27/h1-14H. The minimum Gasteiger partial charge on any atom is -0.0963 e. The number of rotatable bonds is 0. The Morgan fingerprint density at radius 3 is 2.04 bits per heavy atom. The monoisotopic (exact) mass is 360 g/mol. The summed E-state index contributed by atoms with van der Waals surface area (Å²) in [6, 6.07) is 29.9. The third kappa shape index (κ3) is 1.71. The van der Waals surface area contributed by atoms with Gasteiger partial charge in [-0.15, -0.1) is 0 Å². The van der Waals surface area contributed by atoms with Crippen LogP contribution in [-0.2, 0) is 5.41 Å². The SMILES string of the molecule is [B]c1ccc2c(c1)C1(c3ccccc3-2)c2ccccc2-c2c(Cl)cccc21. The van der Waals surface area contributed by atoms with E-state index in [1.54, 1.807) is 0 Å². The van der Waals surface area contributed by atoms with Crippen molar-refractivity contribution in [2.45, 2.75) is 5.41 Å². The first-order valence-electron chi connectivity index (χ1n) is 9.11. The molecule has 0 aromatic heterocycles. The number of halogens is 1. The molecule has 0 heterocycles. The topological polar surface area (TPSA) is 0 Å². The molecule has 0 N–H and O–H groups in total. The van der Waals surface area contributed by atoms with Crippen molar-refractivity contribution in [1.82, 2.24) is 0 Å². The number of hydrogen-bond donors (Lipinski definition) is 0. The van der Waals surface area contributed by atoms with E-state index in [-0.39, 0.29) is 5.41 Å². The Hall–Kier alpha value is -2.77. The third-order valence-electron chi connectivity index (χ3n) is 6.09. The van der Waals surface area contributed by atoms with Crippen molar-refractivity contribution in [1.29, 1.82) is 0 Å². The van der Waals surface area contributed by atoms with Crippen molar-refractivity contribution < 1.29 is 0 Å². The largest absolute Gasteiger partial charge is 0.113 e. The van der Waals surface area contributed by atoms with Crippen LogP contribution in [0.5, 0.6) is 0 Å². The van der Waals surface area contributed by atoms with Gasteiger partial charge in [0.15, 0.2) is 0 Å². The highest BCUT2D eigenvalue weighted by Gasteiger charge is 2.51. The molecule has 27 heavy (non-hydrogen) atoms. The maximum Gasteiger partial charge on any atom is 0.113 e. The average Bonchev–Trinajstić information content (AvgIpc) is 3.15. The minimum absolute atomic E-state index is 0.363. The second-order valence-corrected chi connectivity index (χ2v) is 7.72. The summed E-state index contributed by atoms with van der Waals surface area (Å²) in [6.07, 6.45) is 0. The van der Waals surface area contributed by atoms with E-state index in [0.717, 1.165) is 16.0 Å². The fourth-order valence-electron chi connectivity index (χ4n) is 5.16. The molecule has 2 aliphatic rings. The first-order valence-corrected chi connectivity index (χ1v) is 9.49. The fraction of sp³-hybridized carbons (Fsp3) is 0.0400. The zero-order valence-corrected chi connectivity index (χ0v) is 15.3. The van der Waals surface area contributed by atoms with Gasteiger partial charge in [0.1, 0.15) is 7.85 Å². The van der Waals surface area contributed by atoms with Crippen molar-refractivity contribution >= 4 is 24.9 Å². The van der Waals surface area contributed by atoms with Gasteiger partial charge < -0.3 is 0 Å². The molecule has 2 aliphatic carbocycles. The molecule has 4 aromatic carbocycles. The third-order valence-corrected chi connectivity index (χ3v) is 6.40. The molecule has 6 rings (SSSR count). The average molecular weight is 361 g/mol. The van der Waals surface area contributed by atoms with E-state index in [1.807, 2.05) is 12.1 Å². The highest BCUT2D eigenvalue weighted by atomic mass is 35.5. The Morgan fingerprint density at radius 1 is 0.593 bits per heavy atom. The summed E-state index contributed by atoms with van der Waals surface area (Å²) in [7, 11) is 6.26. The predicted molar refractivity (Wildman–Crippen MR) is 113 cm³/mol. The van der Waals surface area contributed by atoms with Crippen LogP contribution >= 0.6 is 11.6 Å². The minimum atomic E-state index is -0.363. The van der Waals surface area contributed by atoms with E-state index in [4.69, 9.17) is 19.4 Å². The highest BCUT2D eigenvalue weighted by molar-refractivity contribution is 6.34. The van der Waals surface area contributed by atoms with Crippen molar-refractivity contribution in [3.8, 4) is 22.3 Å². The molecule has 0 fully saturated rings. The maximum atomic E-state index is 6.72. The molecule has 2 heteroatoms. The zero-order valence-electron chi connectivity index (χ0n) is 14.5. The first kappa shape index (κ1) is 15.3. The zero-order chi connectivity index (χ0) is 18.2. The molecule has 0 saturated heterocycles. The molecule has 0 aliphatic heterocycles. The normalized spacial score (nSPS) is 18.1. The van der Waals surface area contributed by atoms with Gasteiger partial charge in [-0.05, 0) is 45.0 Å². The lowest BCUT2D eigenvalue weighted by Gasteiger charge is -2.30. The Kier molecular flexibility index (Phi) is 2.92. The van der Waals surface area contributed by atoms with Gasteiger partial charge in [-0.2, -0.15) is 0 Å². The van der Waals surface area contributed by atoms with Gasteiger partial charge >= 0.3 is 0 Å². The van der Waals surface area contributed by atoms with Crippen LogP contribution < -0.4 is 5.46 Å². The van der Waals surface area contributed by atoms with Crippen LogP contribution in [0.2, 0.25) is 5.02 Å². The van der Waals surface area contributed by atoms with E-state index >= 15 is 0 Å². The van der Waals surface area contributed by atoms with Crippen LogP contribution in [0.4, 0.5) is 0 Å². The van der Waals surface area contributed by atoms with Gasteiger partial charge in [0.05, 0.1) is 5.41 Å². The smallest absolute Gasteiger partial charge is 0.0963 e. The van der Waals surface area contributed by atoms with Gasteiger partial charge in [-0.1, -0.05) is 95.9 Å². The lowest BCUT2D eigenvalue weighted by Crippen LogP contribution is -2.26. The molecule has 1 unspecified atom stereocenters. The Morgan fingerprint density at radius 2 is 1.22 bits per heavy atom. The van der Waals surface area contributed by atoms with E-state index in [0.29, 0.717) is 0 Å². The Bertz CT molecular complexity index is 1250. The highest BCUT2D eigenvalue weighted by Crippen LogP contribution is 2.63. The van der Waals surface area contributed by atoms with E-state index in [2.05, 4.69) is 72.8 Å². The van der Waals surface area contributed by atoms with Gasteiger partial charge in [0, 0.05) is 10.6 Å². The summed E-state index contributed by atoms with van der Waals surface area (Å²) in [5.41, 5.74) is 10.4. The molecular weight excluding hydrogens is 347 g/mol. The predicted octanol–water partition coefficient (Wildman–Crippen LogP) is 5.48. The first-order chi connectivity index (χ1) is 13.2. The summed E-state index contributed by atoms with van der Waals surface area (Å²) in [5.74, 6) is 0. The van der Waals surface area contributed by atoms with Crippen LogP contribution in [0.1, 0.15) is 22.3 Å². The molecule has 1 atom stereocenters. The van der Waals surface area contributed by atoms with Gasteiger partial charge in [0.2, 0.25) is 0 Å². The van der Waals surface area contributed by atoms with E-state index in [1.165, 1.54) is 38.9 Å². The van der Waals surface area contributed by atoms with Gasteiger partial charge in [-0.3, -0.25) is 0 Å². The number of fused-ring (bicyclic) bond motifs is 10. The summed E-state index contributed by atoms with van der Waals surface area (Å²) in [4.78, 5) is 0. The van der Waals surface area contributed by atoms with Crippen LogP contribution in [0.25, 0.3) is 22.3 Å². The second kappa shape index (κ2) is 5.15. The fourth-order valence-corrected chi connectivity index (χ4v) is 5.44. The van der Waals surface area contributed by atoms with Crippen LogP contribution in [0.15, 0.2) is 84.9 Å². The van der Waals surface area contributed by atoms with Crippen LogP contribution in [-0.4, -0.2) is 7.85 Å². The maximum absolute atomic E-state index is 6.72. The van der Waals surface area contributed by atoms with Crippen molar-refractivity contribution in [2.75, 3.05) is 0 Å². The van der Waals surface area contributed by atoms with Crippen LogP contribution in [0.3, 0.4) is 0 Å². The Balaban J connectivity index is 1.89. The van der Waals surface area contributed by atoms with Crippen molar-refractivity contribution in [2.24, 2.45) is 0 Å². The molecular formula is C25H14BCl. The lowest BCUT2D eigenvalue weighted by atomic mass is 9.70. The molecule has 124 valence electrons.